The Balaban J connectivity index is 1.50. The molecule has 0 aromatic heterocycles. The zero-order valence-corrected chi connectivity index (χ0v) is 21.8. The summed E-state index contributed by atoms with van der Waals surface area (Å²) in [6, 6.07) is 21.9. The number of carbonyl (C=O) groups is 2. The molecule has 0 saturated heterocycles. The molecule has 4 rings (SSSR count). The first kappa shape index (κ1) is 25.5. The Bertz CT molecular complexity index is 1260. The van der Waals surface area contributed by atoms with Gasteiger partial charge in [0.15, 0.2) is 0 Å². The van der Waals surface area contributed by atoms with Crippen molar-refractivity contribution >= 4 is 11.9 Å². The van der Waals surface area contributed by atoms with E-state index < -0.39 is 11.6 Å². The number of hydrogen-bond acceptors (Lipinski definition) is 3. The lowest BCUT2D eigenvalue weighted by Crippen LogP contribution is -2.35. The van der Waals surface area contributed by atoms with Gasteiger partial charge in [0.2, 0.25) is 0 Å². The lowest BCUT2D eigenvalue weighted by molar-refractivity contribution is -0.137. The SMILES string of the molecule is Cc1ccc(CN(CC(=O)O)C(=O)c2ccc3c(c2)CC(C)(Cc2ccc(C(C)(C)C)cc2)O3)cc1. The molecule has 36 heavy (non-hydrogen) atoms. The van der Waals surface area contributed by atoms with Gasteiger partial charge in [0, 0.05) is 24.9 Å². The van der Waals surface area contributed by atoms with Gasteiger partial charge < -0.3 is 14.7 Å². The molecular formula is C31H35NO4. The van der Waals surface area contributed by atoms with Crippen LogP contribution in [0.1, 0.15) is 65.9 Å². The molecule has 0 radical (unpaired) electrons. The van der Waals surface area contributed by atoms with Crippen molar-refractivity contribution in [3.63, 3.8) is 0 Å². The largest absolute Gasteiger partial charge is 0.487 e. The number of carbonyl (C=O) groups excluding carboxylic acids is 1. The van der Waals surface area contributed by atoms with E-state index in [1.54, 1.807) is 6.07 Å². The Morgan fingerprint density at radius 2 is 1.61 bits per heavy atom. The van der Waals surface area contributed by atoms with Gasteiger partial charge in [-0.2, -0.15) is 0 Å². The normalized spacial score (nSPS) is 16.8. The van der Waals surface area contributed by atoms with Gasteiger partial charge in [-0.05, 0) is 59.7 Å². The summed E-state index contributed by atoms with van der Waals surface area (Å²) in [4.78, 5) is 26.2. The summed E-state index contributed by atoms with van der Waals surface area (Å²) < 4.78 is 6.34. The summed E-state index contributed by atoms with van der Waals surface area (Å²) in [6.45, 7) is 10.6. The van der Waals surface area contributed by atoms with Crippen LogP contribution in [0.2, 0.25) is 0 Å². The van der Waals surface area contributed by atoms with Crippen LogP contribution < -0.4 is 4.74 Å². The maximum Gasteiger partial charge on any atom is 0.323 e. The molecule has 188 valence electrons. The Morgan fingerprint density at radius 3 is 2.22 bits per heavy atom. The van der Waals surface area contributed by atoms with Crippen molar-refractivity contribution in [2.24, 2.45) is 0 Å². The first-order chi connectivity index (χ1) is 16.9. The van der Waals surface area contributed by atoms with Crippen LogP contribution in [0, 0.1) is 6.92 Å². The molecule has 3 aromatic carbocycles. The molecule has 0 spiro atoms. The van der Waals surface area contributed by atoms with E-state index in [-0.39, 0.29) is 24.4 Å². The molecule has 1 amide bonds. The van der Waals surface area contributed by atoms with Crippen LogP contribution in [-0.4, -0.2) is 34.0 Å². The van der Waals surface area contributed by atoms with E-state index in [0.717, 1.165) is 28.9 Å². The highest BCUT2D eigenvalue weighted by Gasteiger charge is 2.35. The fourth-order valence-electron chi connectivity index (χ4n) is 4.77. The topological polar surface area (TPSA) is 66.8 Å². The van der Waals surface area contributed by atoms with E-state index in [4.69, 9.17) is 4.74 Å². The highest BCUT2D eigenvalue weighted by molar-refractivity contribution is 5.96. The third kappa shape index (κ3) is 5.96. The molecule has 1 N–H and O–H groups in total. The third-order valence-electron chi connectivity index (χ3n) is 6.73. The molecule has 0 fully saturated rings. The number of amides is 1. The zero-order chi connectivity index (χ0) is 26.1. The van der Waals surface area contributed by atoms with Gasteiger partial charge in [-0.3, -0.25) is 9.59 Å². The average Bonchev–Trinajstić information content (AvgIpc) is 3.13. The number of carboxylic acids is 1. The number of ether oxygens (including phenoxy) is 1. The number of rotatable bonds is 7. The van der Waals surface area contributed by atoms with E-state index >= 15 is 0 Å². The second kappa shape index (κ2) is 9.81. The van der Waals surface area contributed by atoms with Crippen LogP contribution >= 0.6 is 0 Å². The number of aryl methyl sites for hydroxylation is 1. The third-order valence-corrected chi connectivity index (χ3v) is 6.73. The lowest BCUT2D eigenvalue weighted by atomic mass is 9.85. The van der Waals surface area contributed by atoms with Crippen LogP contribution in [0.15, 0.2) is 66.7 Å². The number of hydrogen-bond donors (Lipinski definition) is 1. The number of nitrogens with zero attached hydrogens (tertiary/aromatic N) is 1. The Morgan fingerprint density at radius 1 is 0.972 bits per heavy atom. The molecule has 0 saturated carbocycles. The maximum atomic E-state index is 13.3. The van der Waals surface area contributed by atoms with Crippen molar-refractivity contribution in [2.45, 2.75) is 65.0 Å². The maximum absolute atomic E-state index is 13.3. The van der Waals surface area contributed by atoms with Crippen LogP contribution in [0.3, 0.4) is 0 Å². The summed E-state index contributed by atoms with van der Waals surface area (Å²) >= 11 is 0. The van der Waals surface area contributed by atoms with Gasteiger partial charge in [-0.1, -0.05) is 74.9 Å². The summed E-state index contributed by atoms with van der Waals surface area (Å²) in [5, 5.41) is 9.41. The highest BCUT2D eigenvalue weighted by atomic mass is 16.5. The van der Waals surface area contributed by atoms with Crippen molar-refractivity contribution in [3.05, 3.63) is 100 Å². The van der Waals surface area contributed by atoms with Crippen molar-refractivity contribution in [3.8, 4) is 5.75 Å². The summed E-state index contributed by atoms with van der Waals surface area (Å²) in [6.07, 6.45) is 1.44. The smallest absolute Gasteiger partial charge is 0.323 e. The second-order valence-electron chi connectivity index (χ2n) is 11.2. The molecule has 1 unspecified atom stereocenters. The average molecular weight is 486 g/mol. The first-order valence-corrected chi connectivity index (χ1v) is 12.4. The molecule has 1 aliphatic rings. The van der Waals surface area contributed by atoms with Gasteiger partial charge in [-0.25, -0.2) is 0 Å². The van der Waals surface area contributed by atoms with Crippen molar-refractivity contribution in [1.29, 1.82) is 0 Å². The Hall–Kier alpha value is -3.60. The molecule has 0 aliphatic carbocycles. The van der Waals surface area contributed by atoms with Gasteiger partial charge in [0.05, 0.1) is 0 Å². The van der Waals surface area contributed by atoms with Crippen LogP contribution in [-0.2, 0) is 29.6 Å². The minimum Gasteiger partial charge on any atom is -0.487 e. The summed E-state index contributed by atoms with van der Waals surface area (Å²) in [5.41, 5.74) is 5.67. The van der Waals surface area contributed by atoms with Gasteiger partial charge in [-0.15, -0.1) is 0 Å². The molecule has 1 atom stereocenters. The monoisotopic (exact) mass is 485 g/mol. The van der Waals surface area contributed by atoms with Crippen LogP contribution in [0.25, 0.3) is 0 Å². The summed E-state index contributed by atoms with van der Waals surface area (Å²) in [7, 11) is 0. The number of fused-ring (bicyclic) bond motifs is 1. The molecule has 5 heteroatoms. The van der Waals surface area contributed by atoms with Gasteiger partial charge in [0.1, 0.15) is 17.9 Å². The van der Waals surface area contributed by atoms with E-state index in [1.807, 2.05) is 43.3 Å². The predicted molar refractivity (Wildman–Crippen MR) is 142 cm³/mol. The first-order valence-electron chi connectivity index (χ1n) is 12.4. The van der Waals surface area contributed by atoms with E-state index in [1.165, 1.54) is 16.0 Å². The zero-order valence-electron chi connectivity index (χ0n) is 21.8. The van der Waals surface area contributed by atoms with Crippen molar-refractivity contribution in [1.82, 2.24) is 4.90 Å². The van der Waals surface area contributed by atoms with Crippen molar-refractivity contribution < 1.29 is 19.4 Å². The summed E-state index contributed by atoms with van der Waals surface area (Å²) in [5.74, 6) is -0.555. The van der Waals surface area contributed by atoms with Crippen LogP contribution in [0.5, 0.6) is 5.75 Å². The van der Waals surface area contributed by atoms with Gasteiger partial charge in [0.25, 0.3) is 5.91 Å². The van der Waals surface area contributed by atoms with Crippen molar-refractivity contribution in [2.75, 3.05) is 6.54 Å². The number of carboxylic acid groups (broad SMARTS) is 1. The Kier molecular flexibility index (Phi) is 6.94. The highest BCUT2D eigenvalue weighted by Crippen LogP contribution is 2.38. The minimum absolute atomic E-state index is 0.111. The molecule has 5 nitrogen and oxygen atoms in total. The van der Waals surface area contributed by atoms with Crippen LogP contribution in [0.4, 0.5) is 0 Å². The molecule has 1 heterocycles. The molecule has 0 bridgehead atoms. The fourth-order valence-corrected chi connectivity index (χ4v) is 4.77. The lowest BCUT2D eigenvalue weighted by Gasteiger charge is -2.25. The second-order valence-corrected chi connectivity index (χ2v) is 11.2. The van der Waals surface area contributed by atoms with E-state index in [9.17, 15) is 14.7 Å². The molecule has 1 aliphatic heterocycles. The predicted octanol–water partition coefficient (Wildman–Crippen LogP) is 5.96. The number of aliphatic carboxylic acids is 1. The standard InChI is InChI=1S/C31H35NO4/c1-21-6-8-23(9-7-21)19-32(20-28(33)34)29(35)24-12-15-27-25(16-24)18-31(5,36-27)17-22-10-13-26(14-11-22)30(2,3)4/h6-16H,17-20H2,1-5H3,(H,33,34). The minimum atomic E-state index is -1.04. The molecule has 3 aromatic rings. The quantitative estimate of drug-likeness (QED) is 0.449. The van der Waals surface area contributed by atoms with E-state index in [0.29, 0.717) is 12.0 Å². The fraction of sp³-hybridized carbons (Fsp3) is 0.355. The Labute approximate surface area is 213 Å². The van der Waals surface area contributed by atoms with E-state index in [2.05, 4.69) is 52.0 Å². The number of benzene rings is 3. The van der Waals surface area contributed by atoms with Gasteiger partial charge >= 0.3 is 5.97 Å². The molecular weight excluding hydrogens is 450 g/mol.